The van der Waals surface area contributed by atoms with E-state index in [4.69, 9.17) is 0 Å². The number of hydrogen-bond acceptors (Lipinski definition) is 4. The van der Waals surface area contributed by atoms with Crippen molar-refractivity contribution in [3.63, 3.8) is 0 Å². The van der Waals surface area contributed by atoms with Crippen molar-refractivity contribution in [3.05, 3.63) is 29.1 Å². The molecule has 0 spiro atoms. The van der Waals surface area contributed by atoms with Crippen molar-refractivity contribution in [1.82, 2.24) is 29.9 Å². The lowest BCUT2D eigenvalue weighted by molar-refractivity contribution is -0.121. The van der Waals surface area contributed by atoms with Crippen molar-refractivity contribution >= 4 is 5.91 Å². The van der Waals surface area contributed by atoms with Gasteiger partial charge in [0.05, 0.1) is 11.7 Å². The second-order valence-electron chi connectivity index (χ2n) is 5.74. The van der Waals surface area contributed by atoms with E-state index < -0.39 is 0 Å². The minimum absolute atomic E-state index is 0.0326. The highest BCUT2D eigenvalue weighted by atomic mass is 16.1. The molecule has 0 aliphatic rings. The summed E-state index contributed by atoms with van der Waals surface area (Å²) in [5, 5.41) is 11.6. The minimum Gasteiger partial charge on any atom is -0.346 e. The van der Waals surface area contributed by atoms with Crippen LogP contribution in [0.3, 0.4) is 0 Å². The molecule has 1 atom stereocenters. The van der Waals surface area contributed by atoms with Crippen LogP contribution in [-0.4, -0.2) is 30.5 Å². The average molecular weight is 318 g/mol. The minimum atomic E-state index is -0.0963. The SMILES string of the molecule is CCC(NC(=O)CCc1c(C)nn(C)c1C)c1ncnn1CC. The van der Waals surface area contributed by atoms with Crippen LogP contribution in [0.5, 0.6) is 0 Å². The largest absolute Gasteiger partial charge is 0.346 e. The monoisotopic (exact) mass is 318 g/mol. The van der Waals surface area contributed by atoms with Crippen LogP contribution in [-0.2, 0) is 24.8 Å². The summed E-state index contributed by atoms with van der Waals surface area (Å²) in [6.07, 6.45) is 3.48. The number of nitrogens with zero attached hydrogens (tertiary/aromatic N) is 5. The van der Waals surface area contributed by atoms with Gasteiger partial charge < -0.3 is 5.32 Å². The van der Waals surface area contributed by atoms with E-state index in [1.54, 1.807) is 0 Å². The van der Waals surface area contributed by atoms with Gasteiger partial charge in [0, 0.05) is 25.7 Å². The van der Waals surface area contributed by atoms with Crippen molar-refractivity contribution in [3.8, 4) is 0 Å². The van der Waals surface area contributed by atoms with E-state index in [-0.39, 0.29) is 11.9 Å². The normalized spacial score (nSPS) is 12.4. The summed E-state index contributed by atoms with van der Waals surface area (Å²) in [4.78, 5) is 16.6. The van der Waals surface area contributed by atoms with Crippen LogP contribution < -0.4 is 5.32 Å². The van der Waals surface area contributed by atoms with Gasteiger partial charge in [0.25, 0.3) is 0 Å². The first-order valence-electron chi connectivity index (χ1n) is 8.14. The Labute approximate surface area is 137 Å². The first kappa shape index (κ1) is 17.2. The molecule has 0 aliphatic heterocycles. The molecule has 7 heteroatoms. The Morgan fingerprint density at radius 2 is 2.09 bits per heavy atom. The van der Waals surface area contributed by atoms with Gasteiger partial charge in [-0.05, 0) is 39.2 Å². The van der Waals surface area contributed by atoms with Crippen LogP contribution in [0.15, 0.2) is 6.33 Å². The van der Waals surface area contributed by atoms with E-state index in [0.717, 1.165) is 35.7 Å². The predicted molar refractivity (Wildman–Crippen MR) is 87.9 cm³/mol. The maximum Gasteiger partial charge on any atom is 0.220 e. The van der Waals surface area contributed by atoms with Gasteiger partial charge in [-0.2, -0.15) is 10.2 Å². The molecular formula is C16H26N6O. The molecule has 0 saturated heterocycles. The molecule has 23 heavy (non-hydrogen) atoms. The third-order valence-electron chi connectivity index (χ3n) is 4.26. The molecule has 2 aromatic rings. The molecule has 0 bridgehead atoms. The summed E-state index contributed by atoms with van der Waals surface area (Å²) in [6.45, 7) is 8.82. The van der Waals surface area contributed by atoms with Crippen molar-refractivity contribution in [2.45, 2.75) is 59.5 Å². The summed E-state index contributed by atoms with van der Waals surface area (Å²) in [7, 11) is 1.93. The zero-order valence-corrected chi connectivity index (χ0v) is 14.6. The highest BCUT2D eigenvalue weighted by Crippen LogP contribution is 2.16. The lowest BCUT2D eigenvalue weighted by atomic mass is 10.1. The fraction of sp³-hybridized carbons (Fsp3) is 0.625. The number of hydrogen-bond donors (Lipinski definition) is 1. The number of carbonyl (C=O) groups is 1. The van der Waals surface area contributed by atoms with Crippen molar-refractivity contribution in [2.24, 2.45) is 7.05 Å². The van der Waals surface area contributed by atoms with Gasteiger partial charge >= 0.3 is 0 Å². The van der Waals surface area contributed by atoms with Crippen LogP contribution >= 0.6 is 0 Å². The highest BCUT2D eigenvalue weighted by Gasteiger charge is 2.18. The zero-order chi connectivity index (χ0) is 17.0. The standard InChI is InChI=1S/C16H26N6O/c1-6-14(16-17-10-18-22(16)7-2)19-15(23)9-8-13-11(3)20-21(5)12(13)4/h10,14H,6-9H2,1-5H3,(H,19,23). The Kier molecular flexibility index (Phi) is 5.52. The first-order chi connectivity index (χ1) is 11.0. The molecule has 126 valence electrons. The number of rotatable bonds is 7. The van der Waals surface area contributed by atoms with E-state index in [0.29, 0.717) is 12.8 Å². The number of aromatic nitrogens is 5. The van der Waals surface area contributed by atoms with Gasteiger partial charge in [0.1, 0.15) is 12.2 Å². The molecule has 0 radical (unpaired) electrons. The number of aryl methyl sites for hydroxylation is 3. The van der Waals surface area contributed by atoms with Crippen molar-refractivity contribution in [2.75, 3.05) is 0 Å². The van der Waals surface area contributed by atoms with Gasteiger partial charge in [-0.15, -0.1) is 0 Å². The van der Waals surface area contributed by atoms with Crippen LogP contribution in [0.4, 0.5) is 0 Å². The lowest BCUT2D eigenvalue weighted by Crippen LogP contribution is -2.30. The van der Waals surface area contributed by atoms with Crippen molar-refractivity contribution < 1.29 is 4.79 Å². The molecule has 0 fully saturated rings. The third-order valence-corrected chi connectivity index (χ3v) is 4.26. The summed E-state index contributed by atoms with van der Waals surface area (Å²) < 4.78 is 3.69. The molecular weight excluding hydrogens is 292 g/mol. The van der Waals surface area contributed by atoms with Crippen LogP contribution in [0, 0.1) is 13.8 Å². The number of amides is 1. The average Bonchev–Trinajstić information content (AvgIpc) is 3.09. The zero-order valence-electron chi connectivity index (χ0n) is 14.6. The molecule has 0 aliphatic carbocycles. The molecule has 2 rings (SSSR count). The Bertz CT molecular complexity index is 672. The van der Waals surface area contributed by atoms with E-state index >= 15 is 0 Å². The fourth-order valence-electron chi connectivity index (χ4n) is 2.82. The van der Waals surface area contributed by atoms with Gasteiger partial charge in [-0.1, -0.05) is 6.92 Å². The fourth-order valence-corrected chi connectivity index (χ4v) is 2.82. The second-order valence-corrected chi connectivity index (χ2v) is 5.74. The van der Waals surface area contributed by atoms with Gasteiger partial charge in [0.15, 0.2) is 0 Å². The smallest absolute Gasteiger partial charge is 0.220 e. The molecule has 2 aromatic heterocycles. The van der Waals surface area contributed by atoms with Crippen LogP contribution in [0.2, 0.25) is 0 Å². The van der Waals surface area contributed by atoms with Crippen LogP contribution in [0.25, 0.3) is 0 Å². The first-order valence-corrected chi connectivity index (χ1v) is 8.14. The summed E-state index contributed by atoms with van der Waals surface area (Å²) in [5.41, 5.74) is 3.27. The molecule has 1 amide bonds. The lowest BCUT2D eigenvalue weighted by Gasteiger charge is -2.17. The molecule has 2 heterocycles. The Morgan fingerprint density at radius 3 is 2.65 bits per heavy atom. The van der Waals surface area contributed by atoms with E-state index in [1.807, 2.05) is 44.1 Å². The maximum absolute atomic E-state index is 12.3. The molecule has 7 nitrogen and oxygen atoms in total. The molecule has 1 unspecified atom stereocenters. The number of carbonyl (C=O) groups excluding carboxylic acids is 1. The highest BCUT2D eigenvalue weighted by molar-refractivity contribution is 5.76. The maximum atomic E-state index is 12.3. The van der Waals surface area contributed by atoms with Gasteiger partial charge in [0.2, 0.25) is 5.91 Å². The molecule has 1 N–H and O–H groups in total. The Balaban J connectivity index is 1.98. The Hall–Kier alpha value is -2.18. The molecule has 0 saturated carbocycles. The summed E-state index contributed by atoms with van der Waals surface area (Å²) in [5.74, 6) is 0.849. The van der Waals surface area contributed by atoms with E-state index in [2.05, 4.69) is 20.5 Å². The van der Waals surface area contributed by atoms with Crippen molar-refractivity contribution in [1.29, 1.82) is 0 Å². The Morgan fingerprint density at radius 1 is 1.35 bits per heavy atom. The topological polar surface area (TPSA) is 77.6 Å². The third kappa shape index (κ3) is 3.78. The summed E-state index contributed by atoms with van der Waals surface area (Å²) >= 11 is 0. The summed E-state index contributed by atoms with van der Waals surface area (Å²) in [6, 6.07) is -0.0963. The molecule has 0 aromatic carbocycles. The van der Waals surface area contributed by atoms with E-state index in [1.165, 1.54) is 6.33 Å². The van der Waals surface area contributed by atoms with Gasteiger partial charge in [-0.3, -0.25) is 9.48 Å². The second kappa shape index (κ2) is 7.39. The predicted octanol–water partition coefficient (Wildman–Crippen LogP) is 1.85. The quantitative estimate of drug-likeness (QED) is 0.845. The number of nitrogens with one attached hydrogen (secondary N) is 1. The van der Waals surface area contributed by atoms with Crippen LogP contribution in [0.1, 0.15) is 55.5 Å². The van der Waals surface area contributed by atoms with E-state index in [9.17, 15) is 4.79 Å². The van der Waals surface area contributed by atoms with Gasteiger partial charge in [-0.25, -0.2) is 9.67 Å².